The van der Waals surface area contributed by atoms with Crippen LogP contribution in [0.2, 0.25) is 0 Å². The first kappa shape index (κ1) is 23.3. The molecule has 0 radical (unpaired) electrons. The summed E-state index contributed by atoms with van der Waals surface area (Å²) in [5.41, 5.74) is 12.2. The zero-order chi connectivity index (χ0) is 22.8. The largest absolute Gasteiger partial charge is 0.395 e. The summed E-state index contributed by atoms with van der Waals surface area (Å²) in [6.07, 6.45) is 0. The van der Waals surface area contributed by atoms with Crippen LogP contribution in [0.4, 0.5) is 11.4 Å². The molecule has 3 amide bonds. The molecule has 0 bridgehead atoms. The predicted molar refractivity (Wildman–Crippen MR) is 120 cm³/mol. The Morgan fingerprint density at radius 3 is 2.10 bits per heavy atom. The molecule has 2 aromatic rings. The van der Waals surface area contributed by atoms with E-state index in [0.29, 0.717) is 11.6 Å². The van der Waals surface area contributed by atoms with Crippen molar-refractivity contribution in [3.63, 3.8) is 0 Å². The molecule has 162 valence electrons. The predicted octanol–water partition coefficient (Wildman–Crippen LogP) is 2.90. The average molecular weight is 432 g/mol. The van der Waals surface area contributed by atoms with E-state index in [2.05, 4.69) is 23.5 Å². The van der Waals surface area contributed by atoms with Gasteiger partial charge in [0.25, 0.3) is 11.8 Å². The lowest BCUT2D eigenvalue weighted by molar-refractivity contribution is -0.123. The fraction of sp³-hybridized carbons (Fsp3) is 0.429. The molecule has 0 fully saturated rings. The van der Waals surface area contributed by atoms with Crippen LogP contribution in [0.5, 0.6) is 0 Å². The van der Waals surface area contributed by atoms with Crippen LogP contribution in [-0.4, -0.2) is 33.7 Å². The van der Waals surface area contributed by atoms with E-state index in [9.17, 15) is 14.4 Å². The Labute approximate surface area is 180 Å². The summed E-state index contributed by atoms with van der Waals surface area (Å²) >= 11 is 0.787. The first-order chi connectivity index (χ1) is 13.8. The number of primary amides is 1. The minimum Gasteiger partial charge on any atom is -0.395 e. The Balaban J connectivity index is 2.51. The van der Waals surface area contributed by atoms with Crippen molar-refractivity contribution in [2.45, 2.75) is 59.0 Å². The van der Waals surface area contributed by atoms with Gasteiger partial charge in [0.05, 0.1) is 5.69 Å². The molecule has 30 heavy (non-hydrogen) atoms. The second-order valence-corrected chi connectivity index (χ2v) is 9.25. The number of hydrogen-bond acceptors (Lipinski definition) is 6. The average Bonchev–Trinajstić information content (AvgIpc) is 3.02. The number of hydrogen-bond donors (Lipinski definition) is 3. The quantitative estimate of drug-likeness (QED) is 0.647. The lowest BCUT2D eigenvalue weighted by Crippen LogP contribution is -2.52. The van der Waals surface area contributed by atoms with Gasteiger partial charge in [-0.2, -0.15) is 4.37 Å². The van der Waals surface area contributed by atoms with Gasteiger partial charge in [0.1, 0.15) is 10.9 Å². The van der Waals surface area contributed by atoms with E-state index in [0.717, 1.165) is 17.1 Å². The van der Waals surface area contributed by atoms with Crippen molar-refractivity contribution in [1.82, 2.24) is 9.69 Å². The molecule has 1 atom stereocenters. The first-order valence-electron chi connectivity index (χ1n) is 9.64. The molecule has 0 spiro atoms. The SMILES string of the molecule is CC(C)c1ccc(N(C(=O)c2snc(C(N)=O)c2N)C(C)C(=O)NC(C)(C)C)cc1. The smallest absolute Gasteiger partial charge is 0.272 e. The normalized spacial score (nSPS) is 12.5. The van der Waals surface area contributed by atoms with Gasteiger partial charge in [0.2, 0.25) is 5.91 Å². The highest BCUT2D eigenvalue weighted by atomic mass is 32.1. The molecule has 0 aliphatic rings. The number of anilines is 2. The summed E-state index contributed by atoms with van der Waals surface area (Å²) in [6, 6.07) is 6.58. The second-order valence-electron chi connectivity index (χ2n) is 8.47. The third-order valence-corrected chi connectivity index (χ3v) is 5.33. The van der Waals surface area contributed by atoms with Crippen molar-refractivity contribution >= 4 is 40.6 Å². The van der Waals surface area contributed by atoms with Crippen LogP contribution in [-0.2, 0) is 4.79 Å². The molecule has 8 nitrogen and oxygen atoms in total. The number of nitrogens with two attached hydrogens (primary N) is 2. The Kier molecular flexibility index (Phi) is 6.87. The Morgan fingerprint density at radius 2 is 1.67 bits per heavy atom. The van der Waals surface area contributed by atoms with Gasteiger partial charge in [-0.25, -0.2) is 0 Å². The van der Waals surface area contributed by atoms with Gasteiger partial charge in [0.15, 0.2) is 5.69 Å². The molecule has 1 heterocycles. The molecule has 0 aliphatic carbocycles. The third kappa shape index (κ3) is 5.15. The van der Waals surface area contributed by atoms with Gasteiger partial charge in [0, 0.05) is 11.2 Å². The highest BCUT2D eigenvalue weighted by molar-refractivity contribution is 7.09. The number of carbonyl (C=O) groups is 3. The van der Waals surface area contributed by atoms with E-state index < -0.39 is 23.4 Å². The fourth-order valence-electron chi connectivity index (χ4n) is 2.87. The first-order valence-corrected chi connectivity index (χ1v) is 10.4. The highest BCUT2D eigenvalue weighted by Crippen LogP contribution is 2.28. The molecule has 2 rings (SSSR count). The van der Waals surface area contributed by atoms with Crippen LogP contribution in [0, 0.1) is 0 Å². The molecular weight excluding hydrogens is 402 g/mol. The van der Waals surface area contributed by atoms with Crippen molar-refractivity contribution < 1.29 is 14.4 Å². The van der Waals surface area contributed by atoms with Crippen LogP contribution >= 0.6 is 11.5 Å². The van der Waals surface area contributed by atoms with Crippen LogP contribution in [0.25, 0.3) is 0 Å². The number of nitrogens with one attached hydrogen (secondary N) is 1. The Morgan fingerprint density at radius 1 is 1.10 bits per heavy atom. The van der Waals surface area contributed by atoms with E-state index in [1.54, 1.807) is 19.1 Å². The van der Waals surface area contributed by atoms with Crippen molar-refractivity contribution in [2.24, 2.45) is 5.73 Å². The Hall–Kier alpha value is -2.94. The number of aromatic nitrogens is 1. The maximum atomic E-state index is 13.4. The zero-order valence-electron chi connectivity index (χ0n) is 18.1. The molecule has 0 saturated carbocycles. The lowest BCUT2D eigenvalue weighted by atomic mass is 10.0. The van der Waals surface area contributed by atoms with Crippen LogP contribution < -0.4 is 21.7 Å². The summed E-state index contributed by atoms with van der Waals surface area (Å²) in [7, 11) is 0. The summed E-state index contributed by atoms with van der Waals surface area (Å²) < 4.78 is 3.91. The molecule has 0 aliphatic heterocycles. The van der Waals surface area contributed by atoms with E-state index in [1.807, 2.05) is 32.9 Å². The summed E-state index contributed by atoms with van der Waals surface area (Å²) in [5, 5.41) is 2.89. The topological polar surface area (TPSA) is 131 Å². The van der Waals surface area contributed by atoms with Crippen molar-refractivity contribution in [3.8, 4) is 0 Å². The maximum absolute atomic E-state index is 13.4. The molecule has 0 saturated heterocycles. The molecule has 9 heteroatoms. The monoisotopic (exact) mass is 431 g/mol. The fourth-order valence-corrected chi connectivity index (χ4v) is 3.61. The van der Waals surface area contributed by atoms with E-state index in [4.69, 9.17) is 11.5 Å². The molecule has 1 unspecified atom stereocenters. The van der Waals surface area contributed by atoms with E-state index >= 15 is 0 Å². The van der Waals surface area contributed by atoms with Crippen molar-refractivity contribution in [3.05, 3.63) is 40.4 Å². The van der Waals surface area contributed by atoms with Crippen LogP contribution in [0.15, 0.2) is 24.3 Å². The number of amides is 3. The minimum atomic E-state index is -0.833. The van der Waals surface area contributed by atoms with Gasteiger partial charge in [-0.3, -0.25) is 19.3 Å². The zero-order valence-corrected chi connectivity index (χ0v) is 19.0. The van der Waals surface area contributed by atoms with Gasteiger partial charge in [-0.15, -0.1) is 0 Å². The molecule has 1 aromatic carbocycles. The second kappa shape index (κ2) is 8.83. The highest BCUT2D eigenvalue weighted by Gasteiger charge is 2.33. The standard InChI is InChI=1S/C21H29N5O3S/c1-11(2)13-7-9-14(10-8-13)26(12(3)19(28)24-21(4,5)6)20(29)17-15(22)16(18(23)27)25-30-17/h7-12H,22H2,1-6H3,(H2,23,27)(H,24,28). The Bertz CT molecular complexity index is 945. The van der Waals surface area contributed by atoms with Crippen LogP contribution in [0.3, 0.4) is 0 Å². The minimum absolute atomic E-state index is 0.0622. The lowest BCUT2D eigenvalue weighted by Gasteiger charge is -2.31. The van der Waals surface area contributed by atoms with Crippen LogP contribution in [0.1, 0.15) is 73.2 Å². The van der Waals surface area contributed by atoms with Crippen molar-refractivity contribution in [2.75, 3.05) is 10.6 Å². The number of benzene rings is 1. The number of nitrogens with zero attached hydrogens (tertiary/aromatic N) is 2. The van der Waals surface area contributed by atoms with Gasteiger partial charge < -0.3 is 16.8 Å². The number of rotatable bonds is 6. The van der Waals surface area contributed by atoms with Crippen molar-refractivity contribution in [1.29, 1.82) is 0 Å². The number of carbonyl (C=O) groups excluding carboxylic acids is 3. The summed E-state index contributed by atoms with van der Waals surface area (Å²) in [4.78, 5) is 39.2. The summed E-state index contributed by atoms with van der Waals surface area (Å²) in [6.45, 7) is 11.4. The molecule has 5 N–H and O–H groups in total. The molecule has 1 aromatic heterocycles. The van der Waals surface area contributed by atoms with Gasteiger partial charge in [-0.1, -0.05) is 26.0 Å². The summed E-state index contributed by atoms with van der Waals surface area (Å²) in [5.74, 6) is -1.33. The van der Waals surface area contributed by atoms with Gasteiger partial charge >= 0.3 is 0 Å². The third-order valence-electron chi connectivity index (χ3n) is 4.48. The molecular formula is C21H29N5O3S. The number of nitrogen functional groups attached to an aromatic ring is 1. The van der Waals surface area contributed by atoms with E-state index in [-0.39, 0.29) is 22.2 Å². The van der Waals surface area contributed by atoms with E-state index in [1.165, 1.54) is 4.90 Å². The maximum Gasteiger partial charge on any atom is 0.272 e. The van der Waals surface area contributed by atoms with Gasteiger partial charge in [-0.05, 0) is 62.8 Å².